The van der Waals surface area contributed by atoms with E-state index in [2.05, 4.69) is 188 Å². The second-order valence-corrected chi connectivity index (χ2v) is 14.2. The maximum absolute atomic E-state index is 6.84. The van der Waals surface area contributed by atoms with E-state index in [1.54, 1.807) is 0 Å². The van der Waals surface area contributed by atoms with Crippen LogP contribution in [0.25, 0.3) is 77.0 Å². The second kappa shape index (κ2) is 14.7. The second-order valence-electron chi connectivity index (χ2n) is 14.2. The fourth-order valence-corrected chi connectivity index (χ4v) is 8.18. The molecule has 1 aliphatic rings. The summed E-state index contributed by atoms with van der Waals surface area (Å²) in [5.41, 5.74) is 18.1. The van der Waals surface area contributed by atoms with E-state index in [4.69, 9.17) is 5.73 Å². The molecule has 1 aliphatic carbocycles. The van der Waals surface area contributed by atoms with Gasteiger partial charge >= 0.3 is 0 Å². The fourth-order valence-electron chi connectivity index (χ4n) is 8.18. The van der Waals surface area contributed by atoms with E-state index >= 15 is 0 Å². The summed E-state index contributed by atoms with van der Waals surface area (Å²) in [7, 11) is 0. The third kappa shape index (κ3) is 6.35. The minimum atomic E-state index is 0.458. The summed E-state index contributed by atoms with van der Waals surface area (Å²) < 4.78 is 0. The van der Waals surface area contributed by atoms with Crippen LogP contribution >= 0.6 is 0 Å². The Morgan fingerprint density at radius 1 is 0.500 bits per heavy atom. The lowest BCUT2D eigenvalue weighted by molar-refractivity contribution is 0.670. The summed E-state index contributed by atoms with van der Waals surface area (Å²) in [6.07, 6.45) is 15.4. The van der Waals surface area contributed by atoms with Crippen LogP contribution in [0.5, 0.6) is 0 Å². The highest BCUT2D eigenvalue weighted by molar-refractivity contribution is 6.25. The molecule has 0 aromatic heterocycles. The van der Waals surface area contributed by atoms with Gasteiger partial charge in [-0.3, -0.25) is 0 Å². The first-order valence-electron chi connectivity index (χ1n) is 18.9. The fraction of sp³-hybridized carbons (Fsp3) is 0.0566. The molecule has 0 radical (unpaired) electrons. The van der Waals surface area contributed by atoms with Gasteiger partial charge in [-0.05, 0) is 113 Å². The summed E-state index contributed by atoms with van der Waals surface area (Å²) in [6.45, 7) is 0. The van der Waals surface area contributed by atoms with E-state index in [-0.39, 0.29) is 0 Å². The van der Waals surface area contributed by atoms with E-state index in [1.165, 1.54) is 71.3 Å². The van der Waals surface area contributed by atoms with Crippen molar-refractivity contribution in [2.24, 2.45) is 11.7 Å². The van der Waals surface area contributed by atoms with Gasteiger partial charge in [-0.15, -0.1) is 0 Å². The Morgan fingerprint density at radius 3 is 1.67 bits per heavy atom. The number of fused-ring (bicyclic) bond motifs is 6. The van der Waals surface area contributed by atoms with Crippen molar-refractivity contribution in [1.29, 1.82) is 0 Å². The molecule has 1 nitrogen and oxygen atoms in total. The van der Waals surface area contributed by atoms with Crippen molar-refractivity contribution in [3.63, 3.8) is 0 Å². The Labute approximate surface area is 317 Å². The minimum Gasteiger partial charge on any atom is -0.398 e. The van der Waals surface area contributed by atoms with Crippen molar-refractivity contribution >= 4 is 43.6 Å². The minimum absolute atomic E-state index is 0.458. The Morgan fingerprint density at radius 2 is 1.02 bits per heavy atom. The molecule has 2 N–H and O–H groups in total. The van der Waals surface area contributed by atoms with E-state index in [9.17, 15) is 0 Å². The lowest BCUT2D eigenvalue weighted by atomic mass is 9.85. The first-order valence-corrected chi connectivity index (χ1v) is 18.9. The Kier molecular flexibility index (Phi) is 9.05. The van der Waals surface area contributed by atoms with Crippen LogP contribution < -0.4 is 5.73 Å². The van der Waals surface area contributed by atoms with E-state index < -0.39 is 0 Å². The number of allylic oxidation sites excluding steroid dienone is 7. The average Bonchev–Trinajstić information content (AvgIpc) is 3.25. The molecule has 1 atom stereocenters. The molecule has 0 fully saturated rings. The van der Waals surface area contributed by atoms with Crippen molar-refractivity contribution in [2.45, 2.75) is 12.8 Å². The van der Waals surface area contributed by atoms with Crippen LogP contribution in [0.4, 0.5) is 0 Å². The molecule has 258 valence electrons. The third-order valence-corrected chi connectivity index (χ3v) is 10.9. The van der Waals surface area contributed by atoms with Crippen LogP contribution in [0.2, 0.25) is 0 Å². The zero-order valence-corrected chi connectivity index (χ0v) is 30.2. The van der Waals surface area contributed by atoms with Gasteiger partial charge in [-0.25, -0.2) is 0 Å². The maximum Gasteiger partial charge on any atom is 0.0393 e. The Hall–Kier alpha value is -6.70. The van der Waals surface area contributed by atoms with Crippen molar-refractivity contribution in [1.82, 2.24) is 0 Å². The lowest BCUT2D eigenvalue weighted by Crippen LogP contribution is -2.00. The van der Waals surface area contributed by atoms with Gasteiger partial charge in [0, 0.05) is 5.70 Å². The van der Waals surface area contributed by atoms with Crippen LogP contribution in [0, 0.1) is 5.92 Å². The lowest BCUT2D eigenvalue weighted by Gasteiger charge is -2.19. The molecule has 54 heavy (non-hydrogen) atoms. The monoisotopic (exact) mass is 691 g/mol. The molecule has 9 rings (SSSR count). The quantitative estimate of drug-likeness (QED) is 0.125. The SMILES string of the molecule is N/C(=C\C(=C/CC1C=CC=CC1)c1ccccc1-c1ccccc1-c1ccccc1-c1ccc2c3ccccc3c3ccccc3c2c1)c1ccccc1. The highest BCUT2D eigenvalue weighted by Crippen LogP contribution is 2.43. The average molecular weight is 692 g/mol. The molecular formula is C53H41N. The van der Waals surface area contributed by atoms with Gasteiger partial charge in [-0.1, -0.05) is 194 Å². The summed E-state index contributed by atoms with van der Waals surface area (Å²) in [5.74, 6) is 0.458. The summed E-state index contributed by atoms with van der Waals surface area (Å²) in [5, 5.41) is 7.70. The topological polar surface area (TPSA) is 26.0 Å². The summed E-state index contributed by atoms with van der Waals surface area (Å²) in [6, 6.07) is 61.4. The molecule has 0 bridgehead atoms. The largest absolute Gasteiger partial charge is 0.398 e. The molecular weight excluding hydrogens is 651 g/mol. The number of nitrogens with two attached hydrogens (primary N) is 1. The molecule has 0 aliphatic heterocycles. The molecule has 0 saturated carbocycles. The highest BCUT2D eigenvalue weighted by atomic mass is 14.6. The maximum atomic E-state index is 6.84. The highest BCUT2D eigenvalue weighted by Gasteiger charge is 2.17. The molecule has 1 unspecified atom stereocenters. The zero-order valence-electron chi connectivity index (χ0n) is 30.2. The van der Waals surface area contributed by atoms with Gasteiger partial charge < -0.3 is 5.73 Å². The van der Waals surface area contributed by atoms with E-state index in [0.717, 1.165) is 29.7 Å². The first-order chi connectivity index (χ1) is 26.7. The van der Waals surface area contributed by atoms with Crippen molar-refractivity contribution < 1.29 is 0 Å². The number of hydrogen-bond donors (Lipinski definition) is 1. The molecule has 8 aromatic carbocycles. The summed E-state index contributed by atoms with van der Waals surface area (Å²) >= 11 is 0. The van der Waals surface area contributed by atoms with Crippen LogP contribution in [0.15, 0.2) is 206 Å². The number of rotatable bonds is 8. The Bertz CT molecular complexity index is 2740. The van der Waals surface area contributed by atoms with Gasteiger partial charge in [0.05, 0.1) is 0 Å². The predicted molar refractivity (Wildman–Crippen MR) is 233 cm³/mol. The van der Waals surface area contributed by atoms with Crippen molar-refractivity contribution in [3.8, 4) is 33.4 Å². The summed E-state index contributed by atoms with van der Waals surface area (Å²) in [4.78, 5) is 0. The molecule has 1 heteroatoms. The van der Waals surface area contributed by atoms with E-state index in [1.807, 2.05) is 18.2 Å². The molecule has 0 spiro atoms. The normalized spacial score (nSPS) is 14.6. The van der Waals surface area contributed by atoms with Crippen LogP contribution in [0.3, 0.4) is 0 Å². The zero-order chi connectivity index (χ0) is 36.3. The molecule has 8 aromatic rings. The molecule has 0 saturated heterocycles. The van der Waals surface area contributed by atoms with Gasteiger partial charge in [0.1, 0.15) is 0 Å². The van der Waals surface area contributed by atoms with Crippen LogP contribution in [-0.2, 0) is 0 Å². The van der Waals surface area contributed by atoms with Gasteiger partial charge in [0.15, 0.2) is 0 Å². The molecule has 0 amide bonds. The molecule has 0 heterocycles. The number of hydrogen-bond acceptors (Lipinski definition) is 1. The number of benzene rings is 8. The van der Waals surface area contributed by atoms with Crippen molar-refractivity contribution in [3.05, 3.63) is 217 Å². The Balaban J connectivity index is 1.19. The predicted octanol–water partition coefficient (Wildman–Crippen LogP) is 14.1. The smallest absolute Gasteiger partial charge is 0.0393 e. The third-order valence-electron chi connectivity index (χ3n) is 10.9. The van der Waals surface area contributed by atoms with Crippen molar-refractivity contribution in [2.75, 3.05) is 0 Å². The first kappa shape index (κ1) is 33.2. The van der Waals surface area contributed by atoms with Gasteiger partial charge in [-0.2, -0.15) is 0 Å². The van der Waals surface area contributed by atoms with Crippen LogP contribution in [0.1, 0.15) is 24.0 Å². The van der Waals surface area contributed by atoms with Gasteiger partial charge in [0.2, 0.25) is 0 Å². The van der Waals surface area contributed by atoms with Crippen LogP contribution in [-0.4, -0.2) is 0 Å². The van der Waals surface area contributed by atoms with Gasteiger partial charge in [0.25, 0.3) is 0 Å². The standard InChI is InChI=1S/C53H41N/c54-53(38-19-5-2-6-20-38)36-40(32-31-37-17-3-1-4-18-37)42-22-8-10-24-44(42)46-26-12-11-25-45(46)43-23-9-7-21-41(43)39-33-34-51-49-29-14-13-27-47(49)48-28-15-16-30-50(48)52(51)35-39/h1-17,19-30,32-37H,18,31,54H2/b40-32+,53-36-. The van der Waals surface area contributed by atoms with E-state index in [0.29, 0.717) is 5.92 Å².